The number of nitrogens with one attached hydrogen (secondary N) is 1. The number of hydrogen-bond donors (Lipinski definition) is 2. The van der Waals surface area contributed by atoms with E-state index in [1.807, 2.05) is 38.1 Å². The van der Waals surface area contributed by atoms with E-state index in [1.54, 1.807) is 12.1 Å². The quantitative estimate of drug-likeness (QED) is 0.445. The highest BCUT2D eigenvalue weighted by atomic mass is 35.5. The molecule has 0 saturated carbocycles. The van der Waals surface area contributed by atoms with Crippen LogP contribution >= 0.6 is 11.6 Å². The summed E-state index contributed by atoms with van der Waals surface area (Å²) in [7, 11) is 0. The molecule has 0 unspecified atom stereocenters. The van der Waals surface area contributed by atoms with Gasteiger partial charge in [-0.2, -0.15) is 0 Å². The molecule has 2 aromatic carbocycles. The lowest BCUT2D eigenvalue weighted by Gasteiger charge is -2.14. The molecule has 0 radical (unpaired) electrons. The molecule has 0 bridgehead atoms. The van der Waals surface area contributed by atoms with Crippen molar-refractivity contribution < 1.29 is 19.5 Å². The number of benzene rings is 2. The molecule has 2 rings (SSSR count). The van der Waals surface area contributed by atoms with Crippen LogP contribution in [0.5, 0.6) is 11.5 Å². The average molecular weight is 363 g/mol. The topological polar surface area (TPSA) is 80.2 Å². The van der Waals surface area contributed by atoms with Gasteiger partial charge in [0.2, 0.25) is 0 Å². The van der Waals surface area contributed by atoms with Gasteiger partial charge in [0, 0.05) is 11.3 Å². The molecule has 7 heteroatoms. The predicted molar refractivity (Wildman–Crippen MR) is 97.3 cm³/mol. The van der Waals surface area contributed by atoms with Crippen molar-refractivity contribution in [3.63, 3.8) is 0 Å². The third-order valence-corrected chi connectivity index (χ3v) is 3.59. The van der Waals surface area contributed by atoms with E-state index in [9.17, 15) is 4.79 Å². The maximum atomic E-state index is 12.1. The molecule has 0 aromatic heterocycles. The summed E-state index contributed by atoms with van der Waals surface area (Å²) in [5.74, 6) is 0.320. The number of ether oxygens (including phenoxy) is 2. The number of aryl methyl sites for hydroxylation is 1. The van der Waals surface area contributed by atoms with Crippen LogP contribution in [-0.4, -0.2) is 30.5 Å². The summed E-state index contributed by atoms with van der Waals surface area (Å²) in [6.45, 7) is 3.89. The van der Waals surface area contributed by atoms with Crippen molar-refractivity contribution in [2.45, 2.75) is 13.8 Å². The lowest BCUT2D eigenvalue weighted by atomic mass is 10.2. The number of anilines is 1. The Morgan fingerprint density at radius 3 is 2.76 bits per heavy atom. The van der Waals surface area contributed by atoms with Crippen LogP contribution in [0.15, 0.2) is 41.6 Å². The first-order valence-corrected chi connectivity index (χ1v) is 8.05. The highest BCUT2D eigenvalue weighted by Gasteiger charge is 2.14. The fraction of sp³-hybridized carbons (Fsp3) is 0.222. The molecule has 0 aliphatic rings. The van der Waals surface area contributed by atoms with Gasteiger partial charge in [0.1, 0.15) is 0 Å². The molecular formula is C18H19ClN2O4. The van der Waals surface area contributed by atoms with Crippen molar-refractivity contribution in [1.29, 1.82) is 0 Å². The number of rotatable bonds is 7. The van der Waals surface area contributed by atoms with Gasteiger partial charge in [-0.05, 0) is 37.6 Å². The van der Waals surface area contributed by atoms with Crippen LogP contribution < -0.4 is 14.8 Å². The van der Waals surface area contributed by atoms with Gasteiger partial charge in [0.05, 0.1) is 17.8 Å². The molecule has 0 atom stereocenters. The Hall–Kier alpha value is -2.73. The number of halogens is 1. The molecule has 25 heavy (non-hydrogen) atoms. The van der Waals surface area contributed by atoms with E-state index in [0.717, 1.165) is 11.3 Å². The summed E-state index contributed by atoms with van der Waals surface area (Å²) in [5, 5.41) is 14.6. The summed E-state index contributed by atoms with van der Waals surface area (Å²) in [5.41, 5.74) is 2.23. The fourth-order valence-corrected chi connectivity index (χ4v) is 2.44. The SMILES string of the molecule is CCOc1cc(/C=N/O)cc(Cl)c1OCC(=O)Nc1ccccc1C. The van der Waals surface area contributed by atoms with E-state index < -0.39 is 0 Å². The van der Waals surface area contributed by atoms with Crippen LogP contribution in [0.25, 0.3) is 0 Å². The minimum absolute atomic E-state index is 0.221. The van der Waals surface area contributed by atoms with Crippen molar-refractivity contribution >= 4 is 29.4 Å². The van der Waals surface area contributed by atoms with Crippen LogP contribution in [-0.2, 0) is 4.79 Å². The summed E-state index contributed by atoms with van der Waals surface area (Å²) in [6.07, 6.45) is 1.23. The Kier molecular flexibility index (Phi) is 6.65. The third kappa shape index (κ3) is 5.12. The molecule has 1 amide bonds. The van der Waals surface area contributed by atoms with E-state index in [0.29, 0.717) is 17.9 Å². The van der Waals surface area contributed by atoms with Gasteiger partial charge in [-0.1, -0.05) is 35.0 Å². The minimum Gasteiger partial charge on any atom is -0.490 e. The van der Waals surface area contributed by atoms with E-state index in [1.165, 1.54) is 6.21 Å². The number of oxime groups is 1. The van der Waals surface area contributed by atoms with Crippen molar-refractivity contribution in [3.8, 4) is 11.5 Å². The Morgan fingerprint density at radius 1 is 1.32 bits per heavy atom. The molecule has 0 aliphatic carbocycles. The number of hydrogen-bond acceptors (Lipinski definition) is 5. The Balaban J connectivity index is 2.11. The smallest absolute Gasteiger partial charge is 0.262 e. The molecule has 0 fully saturated rings. The zero-order valence-corrected chi connectivity index (χ0v) is 14.7. The Labute approximate surface area is 151 Å². The Bertz CT molecular complexity index is 778. The number of carbonyl (C=O) groups excluding carboxylic acids is 1. The molecule has 2 aromatic rings. The van der Waals surface area contributed by atoms with Gasteiger partial charge in [-0.15, -0.1) is 0 Å². The second-order valence-electron chi connectivity index (χ2n) is 5.16. The largest absolute Gasteiger partial charge is 0.490 e. The zero-order valence-electron chi connectivity index (χ0n) is 14.0. The average Bonchev–Trinajstić information content (AvgIpc) is 2.57. The van der Waals surface area contributed by atoms with Crippen LogP contribution in [0.3, 0.4) is 0 Å². The second kappa shape index (κ2) is 8.94. The summed E-state index contributed by atoms with van der Waals surface area (Å²) in [6, 6.07) is 10.6. The number of para-hydroxylation sites is 1. The molecule has 6 nitrogen and oxygen atoms in total. The first-order chi connectivity index (χ1) is 12.0. The van der Waals surface area contributed by atoms with E-state index in [-0.39, 0.29) is 23.3 Å². The first-order valence-electron chi connectivity index (χ1n) is 7.67. The molecule has 0 spiro atoms. The van der Waals surface area contributed by atoms with Crippen LogP contribution in [0, 0.1) is 6.92 Å². The third-order valence-electron chi connectivity index (χ3n) is 3.31. The lowest BCUT2D eigenvalue weighted by molar-refractivity contribution is -0.118. The highest BCUT2D eigenvalue weighted by Crippen LogP contribution is 2.36. The van der Waals surface area contributed by atoms with Gasteiger partial charge in [0.15, 0.2) is 18.1 Å². The van der Waals surface area contributed by atoms with Crippen LogP contribution in [0.1, 0.15) is 18.1 Å². The maximum Gasteiger partial charge on any atom is 0.262 e. The normalized spacial score (nSPS) is 10.7. The summed E-state index contributed by atoms with van der Waals surface area (Å²) < 4.78 is 11.0. The highest BCUT2D eigenvalue weighted by molar-refractivity contribution is 6.32. The Morgan fingerprint density at radius 2 is 2.08 bits per heavy atom. The van der Waals surface area contributed by atoms with Crippen LogP contribution in [0.4, 0.5) is 5.69 Å². The molecule has 2 N–H and O–H groups in total. The minimum atomic E-state index is -0.311. The number of amides is 1. The lowest BCUT2D eigenvalue weighted by Crippen LogP contribution is -2.21. The van der Waals surface area contributed by atoms with E-state index in [2.05, 4.69) is 10.5 Å². The molecule has 0 aliphatic heterocycles. The molecule has 0 saturated heterocycles. The maximum absolute atomic E-state index is 12.1. The van der Waals surface area contributed by atoms with Gasteiger partial charge in [-0.3, -0.25) is 4.79 Å². The van der Waals surface area contributed by atoms with E-state index >= 15 is 0 Å². The molecule has 132 valence electrons. The number of carbonyl (C=O) groups is 1. The summed E-state index contributed by atoms with van der Waals surface area (Å²) >= 11 is 6.19. The monoisotopic (exact) mass is 362 g/mol. The van der Waals surface area contributed by atoms with Gasteiger partial charge in [-0.25, -0.2) is 0 Å². The molecule has 0 heterocycles. The van der Waals surface area contributed by atoms with Crippen molar-refractivity contribution in [2.75, 3.05) is 18.5 Å². The van der Waals surface area contributed by atoms with Crippen molar-refractivity contribution in [1.82, 2.24) is 0 Å². The second-order valence-corrected chi connectivity index (χ2v) is 5.57. The van der Waals surface area contributed by atoms with E-state index in [4.69, 9.17) is 26.3 Å². The zero-order chi connectivity index (χ0) is 18.2. The van der Waals surface area contributed by atoms with Gasteiger partial charge >= 0.3 is 0 Å². The first kappa shape index (κ1) is 18.6. The van der Waals surface area contributed by atoms with Crippen molar-refractivity contribution in [2.24, 2.45) is 5.16 Å². The van der Waals surface area contributed by atoms with Crippen molar-refractivity contribution in [3.05, 3.63) is 52.5 Å². The summed E-state index contributed by atoms with van der Waals surface area (Å²) in [4.78, 5) is 12.1. The van der Waals surface area contributed by atoms with Gasteiger partial charge in [0.25, 0.3) is 5.91 Å². The standard InChI is InChI=1S/C18H19ClN2O4/c1-3-24-16-9-13(10-20-23)8-14(19)18(16)25-11-17(22)21-15-7-5-4-6-12(15)2/h4-10,23H,3,11H2,1-2H3,(H,21,22)/b20-10+. The molecular weight excluding hydrogens is 344 g/mol. The predicted octanol–water partition coefficient (Wildman–Crippen LogP) is 3.87. The number of nitrogens with zero attached hydrogens (tertiary/aromatic N) is 1. The van der Waals surface area contributed by atoms with Gasteiger partial charge < -0.3 is 20.0 Å². The van der Waals surface area contributed by atoms with Crippen LogP contribution in [0.2, 0.25) is 5.02 Å². The fourth-order valence-electron chi connectivity index (χ4n) is 2.17.